The number of nitrogens with zero attached hydrogens (tertiary/aromatic N) is 2. The Bertz CT molecular complexity index is 543. The fourth-order valence-electron chi connectivity index (χ4n) is 2.68. The van der Waals surface area contributed by atoms with Crippen molar-refractivity contribution in [1.82, 2.24) is 4.90 Å². The number of amides is 2. The van der Waals surface area contributed by atoms with Crippen molar-refractivity contribution >= 4 is 17.5 Å². The summed E-state index contributed by atoms with van der Waals surface area (Å²) in [4.78, 5) is 27.5. The normalized spacial score (nSPS) is 24.4. The molecule has 2 aliphatic heterocycles. The van der Waals surface area contributed by atoms with Crippen LogP contribution in [0.15, 0.2) is 24.3 Å². The standard InChI is InChI=1S/C14H15FN2O3/c15-10-2-1-3-11(8-10)17-13(18)9-12(14(17)19)16-4-6-20-7-5-16/h1-3,8,12H,4-7,9H2. The minimum Gasteiger partial charge on any atom is -0.379 e. The van der Waals surface area contributed by atoms with Gasteiger partial charge in [-0.15, -0.1) is 0 Å². The van der Waals surface area contributed by atoms with Gasteiger partial charge in [-0.2, -0.15) is 0 Å². The number of carbonyl (C=O) groups excluding carboxylic acids is 2. The lowest BCUT2D eigenvalue weighted by atomic mass is 10.2. The Morgan fingerprint density at radius 1 is 1.20 bits per heavy atom. The predicted octanol–water partition coefficient (Wildman–Crippen LogP) is 0.790. The van der Waals surface area contributed by atoms with Gasteiger partial charge in [0.15, 0.2) is 0 Å². The van der Waals surface area contributed by atoms with Gasteiger partial charge in [0.1, 0.15) is 5.82 Å². The molecule has 0 spiro atoms. The number of hydrogen-bond acceptors (Lipinski definition) is 4. The first-order chi connectivity index (χ1) is 9.66. The van der Waals surface area contributed by atoms with Crippen LogP contribution in [0.25, 0.3) is 0 Å². The third kappa shape index (κ3) is 2.32. The summed E-state index contributed by atoms with van der Waals surface area (Å²) in [5.41, 5.74) is 0.302. The molecule has 2 fully saturated rings. The second-order valence-corrected chi connectivity index (χ2v) is 4.92. The number of benzene rings is 1. The van der Waals surface area contributed by atoms with Crippen molar-refractivity contribution in [2.75, 3.05) is 31.2 Å². The van der Waals surface area contributed by atoms with Crippen LogP contribution in [-0.4, -0.2) is 49.1 Å². The molecule has 20 heavy (non-hydrogen) atoms. The summed E-state index contributed by atoms with van der Waals surface area (Å²) in [6.45, 7) is 2.41. The topological polar surface area (TPSA) is 49.9 Å². The first-order valence-electron chi connectivity index (χ1n) is 6.61. The van der Waals surface area contributed by atoms with Crippen LogP contribution < -0.4 is 4.90 Å². The highest BCUT2D eigenvalue weighted by Gasteiger charge is 2.42. The zero-order chi connectivity index (χ0) is 14.1. The second kappa shape index (κ2) is 5.30. The minimum absolute atomic E-state index is 0.148. The average Bonchev–Trinajstić information content (AvgIpc) is 2.75. The highest BCUT2D eigenvalue weighted by atomic mass is 19.1. The molecule has 5 nitrogen and oxygen atoms in total. The molecule has 0 N–H and O–H groups in total. The Hall–Kier alpha value is -1.79. The maximum absolute atomic E-state index is 13.3. The SMILES string of the molecule is O=C1CC(N2CCOCC2)C(=O)N1c1cccc(F)c1. The summed E-state index contributed by atoms with van der Waals surface area (Å²) in [7, 11) is 0. The molecule has 2 saturated heterocycles. The Morgan fingerprint density at radius 2 is 1.95 bits per heavy atom. The van der Waals surface area contributed by atoms with E-state index >= 15 is 0 Å². The van der Waals surface area contributed by atoms with Gasteiger partial charge in [-0.3, -0.25) is 14.5 Å². The van der Waals surface area contributed by atoms with Gasteiger partial charge in [-0.1, -0.05) is 6.07 Å². The number of anilines is 1. The first kappa shape index (κ1) is 13.2. The molecule has 1 atom stereocenters. The summed E-state index contributed by atoms with van der Waals surface area (Å²) in [5, 5.41) is 0. The molecule has 0 aromatic heterocycles. The van der Waals surface area contributed by atoms with Crippen LogP contribution >= 0.6 is 0 Å². The highest BCUT2D eigenvalue weighted by molar-refractivity contribution is 6.22. The molecule has 2 amide bonds. The maximum atomic E-state index is 13.3. The summed E-state index contributed by atoms with van der Waals surface area (Å²) in [5.74, 6) is -1.02. The van der Waals surface area contributed by atoms with Crippen LogP contribution in [-0.2, 0) is 14.3 Å². The van der Waals surface area contributed by atoms with Gasteiger partial charge in [0.2, 0.25) is 5.91 Å². The quantitative estimate of drug-likeness (QED) is 0.751. The molecule has 106 valence electrons. The minimum atomic E-state index is -0.460. The van der Waals surface area contributed by atoms with Crippen LogP contribution in [0.1, 0.15) is 6.42 Å². The van der Waals surface area contributed by atoms with Gasteiger partial charge in [0.25, 0.3) is 5.91 Å². The van der Waals surface area contributed by atoms with E-state index < -0.39 is 11.9 Å². The predicted molar refractivity (Wildman–Crippen MR) is 69.7 cm³/mol. The van der Waals surface area contributed by atoms with Crippen molar-refractivity contribution < 1.29 is 18.7 Å². The molecule has 0 saturated carbocycles. The van der Waals surface area contributed by atoms with Gasteiger partial charge in [-0.25, -0.2) is 9.29 Å². The van der Waals surface area contributed by atoms with E-state index in [0.717, 1.165) is 4.90 Å². The van der Waals surface area contributed by atoms with Crippen LogP contribution in [0.5, 0.6) is 0 Å². The number of carbonyl (C=O) groups is 2. The van der Waals surface area contributed by atoms with Crippen molar-refractivity contribution in [1.29, 1.82) is 0 Å². The Kier molecular flexibility index (Phi) is 3.50. The Balaban J connectivity index is 1.83. The molecule has 0 radical (unpaired) electrons. The monoisotopic (exact) mass is 278 g/mol. The fraction of sp³-hybridized carbons (Fsp3) is 0.429. The molecule has 2 aliphatic rings. The molecule has 6 heteroatoms. The smallest absolute Gasteiger partial charge is 0.251 e. The molecule has 1 unspecified atom stereocenters. The largest absolute Gasteiger partial charge is 0.379 e. The Morgan fingerprint density at radius 3 is 2.65 bits per heavy atom. The van der Waals surface area contributed by atoms with E-state index in [0.29, 0.717) is 32.0 Å². The van der Waals surface area contributed by atoms with Crippen molar-refractivity contribution in [2.24, 2.45) is 0 Å². The fourth-order valence-corrected chi connectivity index (χ4v) is 2.68. The van der Waals surface area contributed by atoms with E-state index in [1.807, 2.05) is 4.90 Å². The van der Waals surface area contributed by atoms with E-state index in [4.69, 9.17) is 4.74 Å². The number of morpholine rings is 1. The third-order valence-corrected chi connectivity index (χ3v) is 3.68. The maximum Gasteiger partial charge on any atom is 0.251 e. The Labute approximate surface area is 115 Å². The third-order valence-electron chi connectivity index (χ3n) is 3.68. The second-order valence-electron chi connectivity index (χ2n) is 4.92. The van der Waals surface area contributed by atoms with E-state index in [2.05, 4.69) is 0 Å². The summed E-state index contributed by atoms with van der Waals surface area (Å²) < 4.78 is 18.5. The lowest BCUT2D eigenvalue weighted by Crippen LogP contribution is -2.47. The van der Waals surface area contributed by atoms with Crippen molar-refractivity contribution in [3.05, 3.63) is 30.1 Å². The summed E-state index contributed by atoms with van der Waals surface area (Å²) in [6, 6.07) is 5.11. The summed E-state index contributed by atoms with van der Waals surface area (Å²) >= 11 is 0. The number of hydrogen-bond donors (Lipinski definition) is 0. The number of imide groups is 1. The molecular formula is C14H15FN2O3. The van der Waals surface area contributed by atoms with Crippen LogP contribution in [0.4, 0.5) is 10.1 Å². The molecule has 0 bridgehead atoms. The molecule has 1 aromatic rings. The van der Waals surface area contributed by atoms with E-state index in [9.17, 15) is 14.0 Å². The molecule has 2 heterocycles. The van der Waals surface area contributed by atoms with Crippen LogP contribution in [0.3, 0.4) is 0 Å². The van der Waals surface area contributed by atoms with Crippen molar-refractivity contribution in [3.8, 4) is 0 Å². The van der Waals surface area contributed by atoms with Crippen LogP contribution in [0, 0.1) is 5.82 Å². The first-order valence-corrected chi connectivity index (χ1v) is 6.61. The van der Waals surface area contributed by atoms with Crippen molar-refractivity contribution in [3.63, 3.8) is 0 Å². The van der Waals surface area contributed by atoms with E-state index in [-0.39, 0.29) is 18.2 Å². The van der Waals surface area contributed by atoms with Gasteiger partial charge in [-0.05, 0) is 18.2 Å². The van der Waals surface area contributed by atoms with E-state index in [1.54, 1.807) is 6.07 Å². The zero-order valence-corrected chi connectivity index (χ0v) is 10.9. The molecule has 0 aliphatic carbocycles. The van der Waals surface area contributed by atoms with Gasteiger partial charge in [0.05, 0.1) is 31.4 Å². The van der Waals surface area contributed by atoms with Gasteiger partial charge >= 0.3 is 0 Å². The van der Waals surface area contributed by atoms with Gasteiger partial charge in [0, 0.05) is 13.1 Å². The number of rotatable bonds is 2. The zero-order valence-electron chi connectivity index (χ0n) is 10.9. The van der Waals surface area contributed by atoms with Gasteiger partial charge < -0.3 is 4.74 Å². The lowest BCUT2D eigenvalue weighted by molar-refractivity contribution is -0.123. The van der Waals surface area contributed by atoms with E-state index in [1.165, 1.54) is 18.2 Å². The van der Waals surface area contributed by atoms with Crippen LogP contribution in [0.2, 0.25) is 0 Å². The van der Waals surface area contributed by atoms with Crippen molar-refractivity contribution in [2.45, 2.75) is 12.5 Å². The molecule has 3 rings (SSSR count). The lowest BCUT2D eigenvalue weighted by Gasteiger charge is -2.30. The summed E-state index contributed by atoms with van der Waals surface area (Å²) in [6.07, 6.45) is 0.148. The number of halogens is 1. The highest BCUT2D eigenvalue weighted by Crippen LogP contribution is 2.26. The number of ether oxygens (including phenoxy) is 1. The average molecular weight is 278 g/mol. The molecular weight excluding hydrogens is 263 g/mol. The molecule has 1 aromatic carbocycles.